The lowest BCUT2D eigenvalue weighted by atomic mass is 10.1. The van der Waals surface area contributed by atoms with Gasteiger partial charge in [-0.05, 0) is 31.4 Å². The summed E-state index contributed by atoms with van der Waals surface area (Å²) >= 11 is 0. The highest BCUT2D eigenvalue weighted by molar-refractivity contribution is 14.0. The molecule has 0 saturated carbocycles. The minimum Gasteiger partial charge on any atom is -0.492 e. The Morgan fingerprint density at radius 3 is 2.57 bits per heavy atom. The Bertz CT molecular complexity index is 685. The van der Waals surface area contributed by atoms with Crippen molar-refractivity contribution in [2.75, 3.05) is 46.4 Å². The van der Waals surface area contributed by atoms with Crippen LogP contribution in [-0.4, -0.2) is 69.2 Å². The quantitative estimate of drug-likeness (QED) is 0.194. The van der Waals surface area contributed by atoms with Gasteiger partial charge in [-0.25, -0.2) is 8.78 Å². The molecule has 7 nitrogen and oxygen atoms in total. The van der Waals surface area contributed by atoms with Gasteiger partial charge in [0, 0.05) is 38.8 Å². The van der Waals surface area contributed by atoms with Crippen LogP contribution in [0.3, 0.4) is 0 Å². The SMILES string of the molecule is CCCNC(=O)CN1CCC(NC(=NC)NCCOc2ccc(F)c(F)c2)CC1.I. The van der Waals surface area contributed by atoms with Gasteiger partial charge >= 0.3 is 0 Å². The van der Waals surface area contributed by atoms with Crippen LogP contribution in [0.25, 0.3) is 0 Å². The number of aliphatic imine (C=N–C) groups is 1. The molecule has 1 amide bonds. The lowest BCUT2D eigenvalue weighted by Crippen LogP contribution is -2.50. The highest BCUT2D eigenvalue weighted by atomic mass is 127. The molecule has 10 heteroatoms. The van der Waals surface area contributed by atoms with E-state index in [0.29, 0.717) is 19.0 Å². The Hall–Kier alpha value is -1.69. The molecule has 0 aliphatic carbocycles. The van der Waals surface area contributed by atoms with E-state index in [-0.39, 0.29) is 48.3 Å². The molecular weight excluding hydrogens is 507 g/mol. The molecule has 0 aromatic heterocycles. The molecule has 0 bridgehead atoms. The number of likely N-dealkylation sites (tertiary alicyclic amines) is 1. The number of nitrogens with zero attached hydrogens (tertiary/aromatic N) is 2. The maximum absolute atomic E-state index is 13.2. The molecule has 1 aromatic carbocycles. The number of halogens is 3. The first kappa shape index (κ1) is 26.3. The fraction of sp³-hybridized carbons (Fsp3) is 0.600. The average molecular weight is 539 g/mol. The topological polar surface area (TPSA) is 78.0 Å². The van der Waals surface area contributed by atoms with E-state index >= 15 is 0 Å². The lowest BCUT2D eigenvalue weighted by molar-refractivity contribution is -0.122. The zero-order valence-corrected chi connectivity index (χ0v) is 19.9. The van der Waals surface area contributed by atoms with Crippen LogP contribution in [0.1, 0.15) is 26.2 Å². The Balaban J connectivity index is 0.00000450. The minimum atomic E-state index is -0.929. The molecule has 1 aliphatic rings. The molecule has 30 heavy (non-hydrogen) atoms. The van der Waals surface area contributed by atoms with Gasteiger partial charge < -0.3 is 20.7 Å². The van der Waals surface area contributed by atoms with E-state index in [1.54, 1.807) is 7.05 Å². The van der Waals surface area contributed by atoms with Crippen molar-refractivity contribution in [1.82, 2.24) is 20.9 Å². The van der Waals surface area contributed by atoms with Crippen molar-refractivity contribution in [3.8, 4) is 5.75 Å². The molecule has 1 saturated heterocycles. The highest BCUT2D eigenvalue weighted by Gasteiger charge is 2.21. The van der Waals surface area contributed by atoms with Crippen LogP contribution < -0.4 is 20.7 Å². The average Bonchev–Trinajstić information content (AvgIpc) is 2.72. The zero-order chi connectivity index (χ0) is 21.1. The first-order chi connectivity index (χ1) is 14.0. The van der Waals surface area contributed by atoms with Crippen LogP contribution in [0.4, 0.5) is 8.78 Å². The minimum absolute atomic E-state index is 0. The number of carbonyl (C=O) groups excluding carboxylic acids is 1. The van der Waals surface area contributed by atoms with Gasteiger partial charge in [-0.3, -0.25) is 14.7 Å². The molecule has 2 rings (SSSR count). The molecule has 0 spiro atoms. The van der Waals surface area contributed by atoms with Crippen molar-refractivity contribution in [2.45, 2.75) is 32.2 Å². The monoisotopic (exact) mass is 539 g/mol. The van der Waals surface area contributed by atoms with Crippen molar-refractivity contribution >= 4 is 35.8 Å². The molecule has 1 aliphatic heterocycles. The van der Waals surface area contributed by atoms with Crippen LogP contribution in [0.5, 0.6) is 5.75 Å². The van der Waals surface area contributed by atoms with Crippen molar-refractivity contribution in [2.24, 2.45) is 4.99 Å². The predicted molar refractivity (Wildman–Crippen MR) is 125 cm³/mol. The van der Waals surface area contributed by atoms with Crippen molar-refractivity contribution in [3.05, 3.63) is 29.8 Å². The summed E-state index contributed by atoms with van der Waals surface area (Å²) in [5.41, 5.74) is 0. The molecule has 3 N–H and O–H groups in total. The Morgan fingerprint density at radius 1 is 1.20 bits per heavy atom. The number of hydrogen-bond acceptors (Lipinski definition) is 4. The number of carbonyl (C=O) groups is 1. The van der Waals surface area contributed by atoms with Gasteiger partial charge in [-0.15, -0.1) is 24.0 Å². The maximum atomic E-state index is 13.2. The lowest BCUT2D eigenvalue weighted by Gasteiger charge is -2.32. The van der Waals surface area contributed by atoms with E-state index in [1.165, 1.54) is 6.07 Å². The predicted octanol–water partition coefficient (Wildman–Crippen LogP) is 2.12. The van der Waals surface area contributed by atoms with Crippen LogP contribution in [0.2, 0.25) is 0 Å². The largest absolute Gasteiger partial charge is 0.492 e. The van der Waals surface area contributed by atoms with Gasteiger partial charge in [-0.1, -0.05) is 6.92 Å². The fourth-order valence-electron chi connectivity index (χ4n) is 3.05. The Kier molecular flexibility index (Phi) is 12.6. The third-order valence-corrected chi connectivity index (χ3v) is 4.65. The fourth-order valence-corrected chi connectivity index (χ4v) is 3.05. The summed E-state index contributed by atoms with van der Waals surface area (Å²) in [5, 5.41) is 9.43. The molecule has 1 aromatic rings. The van der Waals surface area contributed by atoms with Crippen LogP contribution >= 0.6 is 24.0 Å². The highest BCUT2D eigenvalue weighted by Crippen LogP contribution is 2.15. The summed E-state index contributed by atoms with van der Waals surface area (Å²) in [5.74, 6) is -0.798. The number of piperidine rings is 1. The smallest absolute Gasteiger partial charge is 0.234 e. The number of rotatable bonds is 9. The summed E-state index contributed by atoms with van der Waals surface area (Å²) in [6, 6.07) is 3.74. The van der Waals surface area contributed by atoms with Crippen LogP contribution in [0, 0.1) is 11.6 Å². The second-order valence-corrected chi connectivity index (χ2v) is 6.97. The van der Waals surface area contributed by atoms with Gasteiger partial charge in [0.2, 0.25) is 5.91 Å². The zero-order valence-electron chi connectivity index (χ0n) is 17.5. The second kappa shape index (κ2) is 14.3. The van der Waals surface area contributed by atoms with E-state index in [0.717, 1.165) is 51.0 Å². The molecule has 1 fully saturated rings. The molecule has 1 heterocycles. The van der Waals surface area contributed by atoms with Gasteiger partial charge in [0.05, 0.1) is 13.1 Å². The third kappa shape index (κ3) is 9.41. The van der Waals surface area contributed by atoms with Crippen LogP contribution in [0.15, 0.2) is 23.2 Å². The van der Waals surface area contributed by atoms with Gasteiger partial charge in [0.15, 0.2) is 17.6 Å². The van der Waals surface area contributed by atoms with Gasteiger partial charge in [-0.2, -0.15) is 0 Å². The number of hydrogen-bond donors (Lipinski definition) is 3. The number of benzene rings is 1. The molecular formula is C20H32F2IN5O2. The normalized spacial score (nSPS) is 15.3. The third-order valence-electron chi connectivity index (χ3n) is 4.65. The molecule has 0 radical (unpaired) electrons. The molecule has 0 atom stereocenters. The number of nitrogens with one attached hydrogen (secondary N) is 3. The second-order valence-electron chi connectivity index (χ2n) is 6.97. The van der Waals surface area contributed by atoms with Crippen molar-refractivity contribution in [1.29, 1.82) is 0 Å². The standard InChI is InChI=1S/C20H31F2N5O2.HI/c1-3-8-24-19(28)14-27-10-6-15(7-11-27)26-20(23-2)25-9-12-29-16-4-5-17(21)18(22)13-16;/h4-5,13,15H,3,6-12,14H2,1-2H3,(H,24,28)(H2,23,25,26);1H. The van der Waals surface area contributed by atoms with Crippen LogP contribution in [-0.2, 0) is 4.79 Å². The molecule has 170 valence electrons. The summed E-state index contributed by atoms with van der Waals surface area (Å²) in [4.78, 5) is 18.2. The summed E-state index contributed by atoms with van der Waals surface area (Å²) < 4.78 is 31.5. The molecule has 0 unspecified atom stereocenters. The summed E-state index contributed by atoms with van der Waals surface area (Å²) in [7, 11) is 1.69. The van der Waals surface area contributed by atoms with Gasteiger partial charge in [0.25, 0.3) is 0 Å². The first-order valence-corrected chi connectivity index (χ1v) is 10.1. The van der Waals surface area contributed by atoms with E-state index < -0.39 is 11.6 Å². The number of amides is 1. The number of guanidine groups is 1. The van der Waals surface area contributed by atoms with E-state index in [9.17, 15) is 13.6 Å². The van der Waals surface area contributed by atoms with Crippen molar-refractivity contribution < 1.29 is 18.3 Å². The summed E-state index contributed by atoms with van der Waals surface area (Å²) in [6.07, 6.45) is 2.79. The maximum Gasteiger partial charge on any atom is 0.234 e. The Labute approximate surface area is 194 Å². The first-order valence-electron chi connectivity index (χ1n) is 10.1. The van der Waals surface area contributed by atoms with Crippen molar-refractivity contribution in [3.63, 3.8) is 0 Å². The van der Waals surface area contributed by atoms with Gasteiger partial charge in [0.1, 0.15) is 12.4 Å². The Morgan fingerprint density at radius 2 is 1.93 bits per heavy atom. The van der Waals surface area contributed by atoms with E-state index in [4.69, 9.17) is 4.74 Å². The number of ether oxygens (including phenoxy) is 1. The van der Waals surface area contributed by atoms with E-state index in [2.05, 4.69) is 25.8 Å². The summed E-state index contributed by atoms with van der Waals surface area (Å²) in [6.45, 7) is 5.67. The van der Waals surface area contributed by atoms with E-state index in [1.807, 2.05) is 6.92 Å².